The van der Waals surface area contributed by atoms with Crippen LogP contribution in [0.3, 0.4) is 0 Å². The van der Waals surface area contributed by atoms with Gasteiger partial charge >= 0.3 is 12.3 Å². The predicted octanol–water partition coefficient (Wildman–Crippen LogP) is 2.65. The maximum absolute atomic E-state index is 12.1. The third-order valence-electron chi connectivity index (χ3n) is 2.35. The molecular weight excluding hydrogens is 305 g/mol. The molecule has 1 aromatic heterocycles. The van der Waals surface area contributed by atoms with Crippen LogP contribution in [0.2, 0.25) is 0 Å². The number of nitrogens with zero attached hydrogens (tertiary/aromatic N) is 2. The predicted molar refractivity (Wildman–Crippen MR) is 66.4 cm³/mol. The van der Waals surface area contributed by atoms with Gasteiger partial charge in [0.2, 0.25) is 0 Å². The number of carbonyl (C=O) groups is 1. The normalized spacial score (nSPS) is 11.0. The van der Waals surface area contributed by atoms with E-state index in [1.54, 1.807) is 0 Å². The van der Waals surface area contributed by atoms with E-state index in [9.17, 15) is 18.0 Å². The Morgan fingerprint density at radius 1 is 1.18 bits per heavy atom. The second-order valence-corrected chi connectivity index (χ2v) is 4.01. The first kappa shape index (κ1) is 15.5. The quantitative estimate of drug-likeness (QED) is 0.913. The van der Waals surface area contributed by atoms with Crippen LogP contribution in [0.5, 0.6) is 11.5 Å². The van der Waals surface area contributed by atoms with Gasteiger partial charge in [-0.3, -0.25) is 4.98 Å². The zero-order valence-corrected chi connectivity index (χ0v) is 10.9. The smallest absolute Gasteiger partial charge is 0.487 e. The van der Waals surface area contributed by atoms with Gasteiger partial charge in [-0.15, -0.1) is 13.2 Å². The second kappa shape index (κ2) is 6.29. The summed E-state index contributed by atoms with van der Waals surface area (Å²) >= 11 is 0. The van der Waals surface area contributed by atoms with E-state index >= 15 is 0 Å². The van der Waals surface area contributed by atoms with Gasteiger partial charge in [-0.05, 0) is 12.1 Å². The van der Waals surface area contributed by atoms with Crippen molar-refractivity contribution in [1.29, 1.82) is 0 Å². The second-order valence-electron chi connectivity index (χ2n) is 4.01. The van der Waals surface area contributed by atoms with Crippen molar-refractivity contribution in [3.05, 3.63) is 48.0 Å². The number of carboxylic acids is 1. The first-order valence-electron chi connectivity index (χ1n) is 5.86. The largest absolute Gasteiger partial charge is 0.573 e. The van der Waals surface area contributed by atoms with E-state index in [1.165, 1.54) is 18.3 Å². The van der Waals surface area contributed by atoms with E-state index in [0.29, 0.717) is 5.69 Å². The fourth-order valence-electron chi connectivity index (χ4n) is 1.46. The number of alkyl halides is 3. The molecule has 2 rings (SSSR count). The number of aromatic nitrogens is 2. The molecule has 0 radical (unpaired) electrons. The molecule has 0 unspecified atom stereocenters. The molecule has 9 heteroatoms. The summed E-state index contributed by atoms with van der Waals surface area (Å²) in [6.07, 6.45) is -2.51. The van der Waals surface area contributed by atoms with Crippen molar-refractivity contribution in [2.75, 3.05) is 0 Å². The van der Waals surface area contributed by atoms with E-state index in [0.717, 1.165) is 18.3 Å². The van der Waals surface area contributed by atoms with Crippen LogP contribution in [0.25, 0.3) is 0 Å². The number of rotatable bonds is 5. The van der Waals surface area contributed by atoms with E-state index in [2.05, 4.69) is 14.7 Å². The molecule has 1 heterocycles. The minimum Gasteiger partial charge on any atom is -0.487 e. The highest BCUT2D eigenvalue weighted by Crippen LogP contribution is 2.26. The Morgan fingerprint density at radius 2 is 1.91 bits per heavy atom. The number of ether oxygens (including phenoxy) is 2. The Morgan fingerprint density at radius 3 is 2.50 bits per heavy atom. The number of hydrogen-bond donors (Lipinski definition) is 1. The monoisotopic (exact) mass is 314 g/mol. The Hall–Kier alpha value is -2.84. The summed E-state index contributed by atoms with van der Waals surface area (Å²) in [5.41, 5.74) is 0.108. The Bertz CT molecular complexity index is 659. The number of carboxylic acid groups (broad SMARTS) is 1. The van der Waals surface area contributed by atoms with Gasteiger partial charge in [0, 0.05) is 6.07 Å². The fraction of sp³-hybridized carbons (Fsp3) is 0.154. The summed E-state index contributed by atoms with van der Waals surface area (Å²) in [6, 6.07) is 5.01. The number of halogens is 3. The first-order chi connectivity index (χ1) is 10.3. The Labute approximate surface area is 122 Å². The van der Waals surface area contributed by atoms with Crippen LogP contribution < -0.4 is 9.47 Å². The van der Waals surface area contributed by atoms with Gasteiger partial charge in [0.05, 0.1) is 18.1 Å². The summed E-state index contributed by atoms with van der Waals surface area (Å²) in [5.74, 6) is -1.47. The SMILES string of the molecule is O=C(O)c1cnc(COc2cccc(OC(F)(F)F)c2)cn1. The molecule has 1 aromatic carbocycles. The first-order valence-corrected chi connectivity index (χ1v) is 5.86. The summed E-state index contributed by atoms with van der Waals surface area (Å²) in [7, 11) is 0. The minimum absolute atomic E-state index is 0.0810. The molecule has 0 fully saturated rings. The molecule has 22 heavy (non-hydrogen) atoms. The lowest BCUT2D eigenvalue weighted by molar-refractivity contribution is -0.274. The van der Waals surface area contributed by atoms with Crippen molar-refractivity contribution in [2.24, 2.45) is 0 Å². The van der Waals surface area contributed by atoms with Crippen LogP contribution in [-0.2, 0) is 6.61 Å². The lowest BCUT2D eigenvalue weighted by Crippen LogP contribution is -2.17. The van der Waals surface area contributed by atoms with Crippen molar-refractivity contribution in [2.45, 2.75) is 13.0 Å². The molecule has 0 amide bonds. The van der Waals surface area contributed by atoms with Gasteiger partial charge in [0.25, 0.3) is 0 Å². The molecule has 0 aliphatic heterocycles. The average Bonchev–Trinajstić information content (AvgIpc) is 2.44. The molecule has 0 atom stereocenters. The molecule has 0 bridgehead atoms. The van der Waals surface area contributed by atoms with Gasteiger partial charge in [-0.2, -0.15) is 0 Å². The highest BCUT2D eigenvalue weighted by molar-refractivity contribution is 5.84. The van der Waals surface area contributed by atoms with E-state index in [1.807, 2.05) is 0 Å². The molecule has 6 nitrogen and oxygen atoms in total. The van der Waals surface area contributed by atoms with Gasteiger partial charge < -0.3 is 14.6 Å². The highest BCUT2D eigenvalue weighted by atomic mass is 19.4. The van der Waals surface area contributed by atoms with Crippen molar-refractivity contribution >= 4 is 5.97 Å². The van der Waals surface area contributed by atoms with Crippen molar-refractivity contribution in [3.8, 4) is 11.5 Å². The van der Waals surface area contributed by atoms with E-state index in [-0.39, 0.29) is 18.1 Å². The van der Waals surface area contributed by atoms with Crippen LogP contribution in [0, 0.1) is 0 Å². The number of aromatic carboxylic acids is 1. The van der Waals surface area contributed by atoms with Gasteiger partial charge in [0.1, 0.15) is 18.1 Å². The van der Waals surface area contributed by atoms with E-state index in [4.69, 9.17) is 9.84 Å². The van der Waals surface area contributed by atoms with Crippen molar-refractivity contribution in [3.63, 3.8) is 0 Å². The van der Waals surface area contributed by atoms with Crippen LogP contribution in [-0.4, -0.2) is 27.4 Å². The topological polar surface area (TPSA) is 81.5 Å². The zero-order chi connectivity index (χ0) is 16.2. The van der Waals surface area contributed by atoms with Gasteiger partial charge in [0.15, 0.2) is 5.69 Å². The average molecular weight is 314 g/mol. The third kappa shape index (κ3) is 4.62. The van der Waals surface area contributed by atoms with Gasteiger partial charge in [-0.1, -0.05) is 6.07 Å². The standard InChI is InChI=1S/C13H9F3N2O4/c14-13(15,16)22-10-3-1-2-9(4-10)21-7-8-5-18-11(6-17-8)12(19)20/h1-6H,7H2,(H,19,20). The lowest BCUT2D eigenvalue weighted by atomic mass is 10.3. The van der Waals surface area contributed by atoms with Crippen molar-refractivity contribution < 1.29 is 32.5 Å². The molecule has 0 spiro atoms. The lowest BCUT2D eigenvalue weighted by Gasteiger charge is -2.10. The minimum atomic E-state index is -4.78. The third-order valence-corrected chi connectivity index (χ3v) is 2.35. The molecule has 1 N–H and O–H groups in total. The molecule has 0 saturated carbocycles. The molecule has 0 aliphatic rings. The Kier molecular flexibility index (Phi) is 4.44. The summed E-state index contributed by atoms with van der Waals surface area (Å²) < 4.78 is 45.3. The van der Waals surface area contributed by atoms with Crippen molar-refractivity contribution in [1.82, 2.24) is 9.97 Å². The summed E-state index contributed by atoms with van der Waals surface area (Å²) in [4.78, 5) is 18.1. The molecule has 0 saturated heterocycles. The maximum atomic E-state index is 12.1. The van der Waals surface area contributed by atoms with E-state index < -0.39 is 18.1 Å². The summed E-state index contributed by atoms with van der Waals surface area (Å²) in [5, 5.41) is 8.67. The number of benzene rings is 1. The zero-order valence-electron chi connectivity index (χ0n) is 10.9. The van der Waals surface area contributed by atoms with Crippen LogP contribution in [0.1, 0.15) is 16.2 Å². The molecule has 0 aliphatic carbocycles. The van der Waals surface area contributed by atoms with Gasteiger partial charge in [-0.25, -0.2) is 9.78 Å². The molecule has 116 valence electrons. The van der Waals surface area contributed by atoms with Crippen LogP contribution in [0.4, 0.5) is 13.2 Å². The Balaban J connectivity index is 1.99. The van der Waals surface area contributed by atoms with Crippen LogP contribution in [0.15, 0.2) is 36.7 Å². The molecular formula is C13H9F3N2O4. The van der Waals surface area contributed by atoms with Crippen LogP contribution >= 0.6 is 0 Å². The maximum Gasteiger partial charge on any atom is 0.573 e. The number of hydrogen-bond acceptors (Lipinski definition) is 5. The fourth-order valence-corrected chi connectivity index (χ4v) is 1.46. The summed E-state index contributed by atoms with van der Waals surface area (Å²) in [6.45, 7) is -0.0810. The highest BCUT2D eigenvalue weighted by Gasteiger charge is 2.31. The molecule has 2 aromatic rings.